The van der Waals surface area contributed by atoms with Crippen molar-refractivity contribution < 1.29 is 14.4 Å². The predicted molar refractivity (Wildman–Crippen MR) is 79.3 cm³/mol. The fourth-order valence-electron chi connectivity index (χ4n) is 3.05. The lowest BCUT2D eigenvalue weighted by atomic mass is 9.70. The van der Waals surface area contributed by atoms with Crippen molar-refractivity contribution in [2.24, 2.45) is 11.3 Å². The molecule has 0 radical (unpaired) electrons. The summed E-state index contributed by atoms with van der Waals surface area (Å²) in [6.07, 6.45) is 7.82. The number of hydrogen-bond donors (Lipinski definition) is 0. The van der Waals surface area contributed by atoms with Gasteiger partial charge in [-0.15, -0.1) is 0 Å². The summed E-state index contributed by atoms with van der Waals surface area (Å²) in [5.41, 5.74) is 1.12. The van der Waals surface area contributed by atoms with E-state index in [0.29, 0.717) is 19.3 Å². The summed E-state index contributed by atoms with van der Waals surface area (Å²) < 4.78 is 0. The predicted octanol–water partition coefficient (Wildman–Crippen LogP) is 3.43. The third-order valence-corrected chi connectivity index (χ3v) is 4.58. The molecule has 2 atom stereocenters. The first-order chi connectivity index (χ1) is 9.46. The molecular formula is C17H24O3. The first kappa shape index (κ1) is 16.5. The van der Waals surface area contributed by atoms with Crippen LogP contribution in [0.3, 0.4) is 0 Å². The molecule has 1 fully saturated rings. The van der Waals surface area contributed by atoms with Crippen molar-refractivity contribution in [3.05, 3.63) is 23.8 Å². The fourth-order valence-corrected chi connectivity index (χ4v) is 3.05. The molecule has 0 amide bonds. The molecule has 0 aliphatic heterocycles. The van der Waals surface area contributed by atoms with Crippen LogP contribution in [0.25, 0.3) is 0 Å². The highest BCUT2D eigenvalue weighted by Gasteiger charge is 2.46. The van der Waals surface area contributed by atoms with Crippen molar-refractivity contribution >= 4 is 18.4 Å². The summed E-state index contributed by atoms with van der Waals surface area (Å²) in [6.45, 7) is 7.81. The molecule has 3 heteroatoms. The molecule has 0 aromatic heterocycles. The minimum atomic E-state index is -0.494. The lowest BCUT2D eigenvalue weighted by Crippen LogP contribution is -2.31. The van der Waals surface area contributed by atoms with Gasteiger partial charge < -0.3 is 4.79 Å². The quantitative estimate of drug-likeness (QED) is 0.388. The molecule has 1 aliphatic carbocycles. The van der Waals surface area contributed by atoms with Crippen LogP contribution < -0.4 is 0 Å². The lowest BCUT2D eigenvalue weighted by molar-refractivity contribution is -0.124. The van der Waals surface area contributed by atoms with E-state index in [-0.39, 0.29) is 11.7 Å². The summed E-state index contributed by atoms with van der Waals surface area (Å²) >= 11 is 0. The van der Waals surface area contributed by atoms with Crippen LogP contribution in [0.4, 0.5) is 0 Å². The number of Topliss-reactive ketones (excluding diaryl/α,β-unsaturated/α-hetero) is 1. The number of ketones is 1. The maximum absolute atomic E-state index is 12.2. The molecule has 0 spiro atoms. The van der Waals surface area contributed by atoms with Gasteiger partial charge in [0.2, 0.25) is 0 Å². The second-order valence-electron chi connectivity index (χ2n) is 5.81. The van der Waals surface area contributed by atoms with Gasteiger partial charge in [-0.05, 0) is 51.0 Å². The highest BCUT2D eigenvalue weighted by molar-refractivity contribution is 5.90. The molecule has 0 bridgehead atoms. The standard InChI is InChI=1S/C17H24O3/c1-13(12-19)6-4-8-15-9-10-16(20)17(15,3)14(2)7-5-11-18/h6,11-12,15H,2,4-5,7-10H2,1,3H3/b13-6+/t15-,17+/m0/s1. The van der Waals surface area contributed by atoms with Gasteiger partial charge in [0.1, 0.15) is 18.4 Å². The molecule has 0 aromatic carbocycles. The minimum Gasteiger partial charge on any atom is -0.303 e. The Bertz CT molecular complexity index is 434. The number of carbonyl (C=O) groups is 3. The number of hydrogen-bond acceptors (Lipinski definition) is 3. The van der Waals surface area contributed by atoms with E-state index in [1.54, 1.807) is 6.92 Å². The Morgan fingerprint density at radius 1 is 1.40 bits per heavy atom. The van der Waals surface area contributed by atoms with E-state index in [4.69, 9.17) is 0 Å². The maximum Gasteiger partial charge on any atom is 0.145 e. The van der Waals surface area contributed by atoms with Gasteiger partial charge in [0.05, 0.1) is 0 Å². The number of allylic oxidation sites excluding steroid dienone is 3. The van der Waals surface area contributed by atoms with Crippen molar-refractivity contribution in [2.75, 3.05) is 0 Å². The van der Waals surface area contributed by atoms with Crippen LogP contribution in [0.15, 0.2) is 23.8 Å². The average molecular weight is 276 g/mol. The summed E-state index contributed by atoms with van der Waals surface area (Å²) in [6, 6.07) is 0. The molecule has 1 saturated carbocycles. The van der Waals surface area contributed by atoms with Gasteiger partial charge in [0.25, 0.3) is 0 Å². The van der Waals surface area contributed by atoms with Gasteiger partial charge in [-0.3, -0.25) is 9.59 Å². The molecule has 0 heterocycles. The van der Waals surface area contributed by atoms with Crippen LogP contribution in [0.2, 0.25) is 0 Å². The van der Waals surface area contributed by atoms with E-state index in [1.165, 1.54) is 0 Å². The van der Waals surface area contributed by atoms with Gasteiger partial charge >= 0.3 is 0 Å². The number of rotatable bonds is 8. The summed E-state index contributed by atoms with van der Waals surface area (Å²) in [5, 5.41) is 0. The summed E-state index contributed by atoms with van der Waals surface area (Å²) in [4.78, 5) is 33.3. The minimum absolute atomic E-state index is 0.245. The van der Waals surface area contributed by atoms with Gasteiger partial charge in [-0.25, -0.2) is 0 Å². The Balaban J connectivity index is 2.74. The third kappa shape index (κ3) is 3.53. The topological polar surface area (TPSA) is 51.2 Å². The Morgan fingerprint density at radius 2 is 2.10 bits per heavy atom. The second-order valence-corrected chi connectivity index (χ2v) is 5.81. The number of carbonyl (C=O) groups excluding carboxylic acids is 3. The van der Waals surface area contributed by atoms with E-state index in [9.17, 15) is 14.4 Å². The Labute approximate surface area is 121 Å². The second kappa shape index (κ2) is 7.32. The van der Waals surface area contributed by atoms with Crippen LogP contribution >= 0.6 is 0 Å². The molecule has 3 nitrogen and oxygen atoms in total. The first-order valence-electron chi connectivity index (χ1n) is 7.24. The third-order valence-electron chi connectivity index (χ3n) is 4.58. The van der Waals surface area contributed by atoms with Crippen LogP contribution in [-0.2, 0) is 14.4 Å². The summed E-state index contributed by atoms with van der Waals surface area (Å²) in [7, 11) is 0. The Hall–Kier alpha value is -1.51. The zero-order valence-electron chi connectivity index (χ0n) is 12.5. The Morgan fingerprint density at radius 3 is 2.70 bits per heavy atom. The van der Waals surface area contributed by atoms with Crippen LogP contribution in [0.5, 0.6) is 0 Å². The largest absolute Gasteiger partial charge is 0.303 e. The molecule has 0 N–H and O–H groups in total. The fraction of sp³-hybridized carbons (Fsp3) is 0.588. The molecular weight excluding hydrogens is 252 g/mol. The molecule has 110 valence electrons. The van der Waals surface area contributed by atoms with Crippen molar-refractivity contribution in [3.63, 3.8) is 0 Å². The number of aldehydes is 2. The van der Waals surface area contributed by atoms with E-state index in [2.05, 4.69) is 6.58 Å². The highest BCUT2D eigenvalue weighted by atomic mass is 16.1. The van der Waals surface area contributed by atoms with E-state index in [1.807, 2.05) is 13.0 Å². The van der Waals surface area contributed by atoms with Crippen LogP contribution in [0.1, 0.15) is 52.4 Å². The zero-order valence-corrected chi connectivity index (χ0v) is 12.5. The van der Waals surface area contributed by atoms with Gasteiger partial charge in [-0.2, -0.15) is 0 Å². The molecule has 1 rings (SSSR count). The van der Waals surface area contributed by atoms with Crippen LogP contribution in [-0.4, -0.2) is 18.4 Å². The molecule has 20 heavy (non-hydrogen) atoms. The normalized spacial score (nSPS) is 26.6. The zero-order chi connectivity index (χ0) is 15.2. The van der Waals surface area contributed by atoms with Gasteiger partial charge in [0, 0.05) is 18.3 Å². The van der Waals surface area contributed by atoms with E-state index >= 15 is 0 Å². The van der Waals surface area contributed by atoms with Gasteiger partial charge in [-0.1, -0.05) is 18.2 Å². The molecule has 0 saturated heterocycles. The van der Waals surface area contributed by atoms with Crippen molar-refractivity contribution in [1.82, 2.24) is 0 Å². The average Bonchev–Trinajstić information content (AvgIpc) is 2.73. The van der Waals surface area contributed by atoms with Crippen molar-refractivity contribution in [1.29, 1.82) is 0 Å². The monoisotopic (exact) mass is 276 g/mol. The van der Waals surface area contributed by atoms with E-state index < -0.39 is 5.41 Å². The lowest BCUT2D eigenvalue weighted by Gasteiger charge is -2.32. The van der Waals surface area contributed by atoms with Gasteiger partial charge in [0.15, 0.2) is 0 Å². The molecule has 0 aromatic rings. The van der Waals surface area contributed by atoms with Crippen molar-refractivity contribution in [3.8, 4) is 0 Å². The van der Waals surface area contributed by atoms with Crippen molar-refractivity contribution in [2.45, 2.75) is 52.4 Å². The Kier molecular flexibility index (Phi) is 6.05. The summed E-state index contributed by atoms with van der Waals surface area (Å²) in [5.74, 6) is 0.513. The SMILES string of the molecule is C=C(CCC=O)[C@@]1(C)C(=O)CC[C@@H]1CC/C=C(\C)C=O. The highest BCUT2D eigenvalue weighted by Crippen LogP contribution is 2.48. The van der Waals surface area contributed by atoms with E-state index in [0.717, 1.165) is 43.0 Å². The molecule has 0 unspecified atom stereocenters. The van der Waals surface area contributed by atoms with Crippen LogP contribution in [0, 0.1) is 11.3 Å². The maximum atomic E-state index is 12.2. The first-order valence-corrected chi connectivity index (χ1v) is 7.24. The smallest absolute Gasteiger partial charge is 0.145 e. The molecule has 1 aliphatic rings.